The summed E-state index contributed by atoms with van der Waals surface area (Å²) in [7, 11) is 0. The highest BCUT2D eigenvalue weighted by molar-refractivity contribution is 5.83. The highest BCUT2D eigenvalue weighted by Crippen LogP contribution is 2.57. The van der Waals surface area contributed by atoms with Crippen LogP contribution in [0.1, 0.15) is 36.0 Å². The summed E-state index contributed by atoms with van der Waals surface area (Å²) in [6.45, 7) is 4.66. The lowest BCUT2D eigenvalue weighted by molar-refractivity contribution is -0.946. The van der Waals surface area contributed by atoms with Crippen LogP contribution in [0, 0.1) is 5.41 Å². The van der Waals surface area contributed by atoms with Crippen molar-refractivity contribution in [3.63, 3.8) is 0 Å². The van der Waals surface area contributed by atoms with E-state index in [1.165, 1.54) is 27.5 Å². The van der Waals surface area contributed by atoms with E-state index in [2.05, 4.69) is 84.0 Å². The van der Waals surface area contributed by atoms with Gasteiger partial charge in [0.15, 0.2) is 0 Å². The molecular formula is C30H33BrN2O. The van der Waals surface area contributed by atoms with E-state index in [1.807, 2.05) is 12.1 Å². The van der Waals surface area contributed by atoms with Crippen LogP contribution in [-0.2, 0) is 12.0 Å². The fourth-order valence-corrected chi connectivity index (χ4v) is 6.78. The Morgan fingerprint density at radius 1 is 0.765 bits per heavy atom. The Morgan fingerprint density at radius 3 is 1.88 bits per heavy atom. The Bertz CT molecular complexity index is 1190. The van der Waals surface area contributed by atoms with Crippen LogP contribution in [0.15, 0.2) is 91.1 Å². The number of hydrogen-bond donors (Lipinski definition) is 2. The molecular weight excluding hydrogens is 484 g/mol. The van der Waals surface area contributed by atoms with Crippen molar-refractivity contribution in [1.82, 2.24) is 4.98 Å². The summed E-state index contributed by atoms with van der Waals surface area (Å²) in [6, 6.07) is 29.4. The maximum Gasteiger partial charge on any atom is 0.121 e. The maximum absolute atomic E-state index is 12.5. The Labute approximate surface area is 212 Å². The van der Waals surface area contributed by atoms with E-state index in [1.54, 1.807) is 0 Å². The van der Waals surface area contributed by atoms with Crippen LogP contribution < -0.4 is 17.0 Å². The third kappa shape index (κ3) is 3.64. The molecule has 0 atom stereocenters. The first-order chi connectivity index (χ1) is 16.1. The third-order valence-electron chi connectivity index (χ3n) is 8.88. The van der Waals surface area contributed by atoms with Crippen LogP contribution in [0.5, 0.6) is 0 Å². The molecule has 34 heavy (non-hydrogen) atoms. The van der Waals surface area contributed by atoms with Gasteiger partial charge < -0.3 is 31.6 Å². The second kappa shape index (κ2) is 8.99. The molecule has 4 aromatic rings. The van der Waals surface area contributed by atoms with E-state index in [9.17, 15) is 5.11 Å². The van der Waals surface area contributed by atoms with Crippen LogP contribution in [0.4, 0.5) is 0 Å². The summed E-state index contributed by atoms with van der Waals surface area (Å²) in [4.78, 5) is 3.44. The average molecular weight is 518 g/mol. The second-order valence-electron chi connectivity index (χ2n) is 10.3. The summed E-state index contributed by atoms with van der Waals surface area (Å²) >= 11 is 0. The number of nitrogens with zero attached hydrogens (tertiary/aromatic N) is 1. The van der Waals surface area contributed by atoms with Crippen molar-refractivity contribution in [2.75, 3.05) is 26.2 Å². The molecule has 4 heteroatoms. The number of hydrogen-bond acceptors (Lipinski definition) is 1. The van der Waals surface area contributed by atoms with Gasteiger partial charge in [-0.25, -0.2) is 0 Å². The number of piperidine rings is 3. The number of rotatable bonds is 6. The van der Waals surface area contributed by atoms with Crippen LogP contribution in [0.2, 0.25) is 0 Å². The third-order valence-corrected chi connectivity index (χ3v) is 8.88. The minimum atomic E-state index is -0.942. The highest BCUT2D eigenvalue weighted by Gasteiger charge is 2.60. The lowest BCUT2D eigenvalue weighted by Gasteiger charge is -2.60. The molecule has 0 unspecified atom stereocenters. The molecule has 3 nitrogen and oxygen atoms in total. The highest BCUT2D eigenvalue weighted by atomic mass is 79.9. The van der Waals surface area contributed by atoms with E-state index in [0.717, 1.165) is 56.4 Å². The Kier molecular flexibility index (Phi) is 6.18. The number of aromatic nitrogens is 1. The normalized spacial score (nSPS) is 24.1. The van der Waals surface area contributed by atoms with Gasteiger partial charge in [-0.3, -0.25) is 0 Å². The van der Waals surface area contributed by atoms with Gasteiger partial charge in [-0.2, -0.15) is 0 Å². The lowest BCUT2D eigenvalue weighted by Crippen LogP contribution is -3.00. The molecule has 176 valence electrons. The van der Waals surface area contributed by atoms with E-state index >= 15 is 0 Å². The van der Waals surface area contributed by atoms with Crippen molar-refractivity contribution in [1.29, 1.82) is 0 Å². The molecule has 3 fully saturated rings. The maximum atomic E-state index is 12.5. The van der Waals surface area contributed by atoms with Gasteiger partial charge in [-0.15, -0.1) is 0 Å². The fourth-order valence-electron chi connectivity index (χ4n) is 6.78. The minimum absolute atomic E-state index is 0. The van der Waals surface area contributed by atoms with Gasteiger partial charge in [0.1, 0.15) is 5.60 Å². The van der Waals surface area contributed by atoms with Crippen molar-refractivity contribution in [2.24, 2.45) is 5.41 Å². The first-order valence-electron chi connectivity index (χ1n) is 12.4. The minimum Gasteiger partial charge on any atom is -1.00 e. The summed E-state index contributed by atoms with van der Waals surface area (Å²) in [6.07, 6.45) is 6.52. The largest absolute Gasteiger partial charge is 1.00 e. The van der Waals surface area contributed by atoms with Crippen molar-refractivity contribution < 1.29 is 26.6 Å². The van der Waals surface area contributed by atoms with Crippen LogP contribution in [-0.4, -0.2) is 40.8 Å². The second-order valence-corrected chi connectivity index (χ2v) is 10.3. The first kappa shape index (κ1) is 23.3. The zero-order chi connectivity index (χ0) is 22.4. The van der Waals surface area contributed by atoms with Crippen LogP contribution in [0.25, 0.3) is 10.9 Å². The molecule has 0 aliphatic carbocycles. The molecule has 3 saturated heterocycles. The Balaban J connectivity index is 0.00000241. The number of halogens is 1. The number of aliphatic hydroxyl groups is 1. The number of quaternary nitrogens is 1. The quantitative estimate of drug-likeness (QED) is 0.379. The van der Waals surface area contributed by atoms with Crippen LogP contribution in [0.3, 0.4) is 0 Å². The zero-order valence-electron chi connectivity index (χ0n) is 19.6. The Hall–Kier alpha value is -2.40. The summed E-state index contributed by atoms with van der Waals surface area (Å²) in [5, 5.41) is 13.9. The summed E-state index contributed by atoms with van der Waals surface area (Å²) < 4.78 is 1.20. The summed E-state index contributed by atoms with van der Waals surface area (Å²) in [5.41, 5.74) is 3.71. The van der Waals surface area contributed by atoms with Gasteiger partial charge >= 0.3 is 0 Å². The van der Waals surface area contributed by atoms with Gasteiger partial charge in [0.2, 0.25) is 0 Å². The smallest absolute Gasteiger partial charge is 0.121 e. The van der Waals surface area contributed by atoms with Crippen LogP contribution >= 0.6 is 0 Å². The van der Waals surface area contributed by atoms with E-state index in [-0.39, 0.29) is 22.4 Å². The number of para-hydroxylation sites is 1. The monoisotopic (exact) mass is 516 g/mol. The van der Waals surface area contributed by atoms with E-state index < -0.39 is 5.60 Å². The molecule has 7 rings (SSSR count). The number of nitrogens with one attached hydrogen (secondary N) is 1. The molecule has 3 aliphatic heterocycles. The molecule has 0 spiro atoms. The SMILES string of the molecule is OC(c1ccccc1)(c1ccccc1)C12CC[N+](CCc3c[nH]c4ccccc34)(CC1)CC2.[Br-]. The van der Waals surface area contributed by atoms with E-state index in [0.29, 0.717) is 0 Å². The topological polar surface area (TPSA) is 36.0 Å². The Morgan fingerprint density at radius 2 is 1.29 bits per heavy atom. The number of benzene rings is 3. The van der Waals surface area contributed by atoms with Gasteiger partial charge in [-0.1, -0.05) is 78.9 Å². The molecule has 3 aromatic carbocycles. The molecule has 2 N–H and O–H groups in total. The molecule has 2 bridgehead atoms. The van der Waals surface area contributed by atoms with Crippen molar-refractivity contribution >= 4 is 10.9 Å². The number of H-pyrrole nitrogens is 1. The zero-order valence-corrected chi connectivity index (χ0v) is 21.2. The van der Waals surface area contributed by atoms with Crippen molar-refractivity contribution in [2.45, 2.75) is 31.3 Å². The molecule has 0 saturated carbocycles. The molecule has 0 amide bonds. The van der Waals surface area contributed by atoms with Gasteiger partial charge in [0, 0.05) is 48.2 Å². The van der Waals surface area contributed by atoms with Gasteiger partial charge in [0.05, 0.1) is 26.2 Å². The first-order valence-corrected chi connectivity index (χ1v) is 12.4. The molecule has 3 aliphatic rings. The number of aromatic amines is 1. The van der Waals surface area contributed by atoms with Crippen molar-refractivity contribution in [3.8, 4) is 0 Å². The standard InChI is InChI=1S/C30H33N2O.BrH/c33-30(25-9-3-1-4-10-25,26-11-5-2-6-12-26)29-16-20-32(21-17-29,22-18-29)19-15-24-23-31-28-14-8-7-13-27(24)28;/h1-14,23,31,33H,15-22H2;1H/q+1;/p-1. The average Bonchev–Trinajstić information content (AvgIpc) is 3.32. The fraction of sp³-hybridized carbons (Fsp3) is 0.333. The van der Waals surface area contributed by atoms with Gasteiger partial charge in [0.25, 0.3) is 0 Å². The lowest BCUT2D eigenvalue weighted by atomic mass is 9.56. The molecule has 0 radical (unpaired) electrons. The summed E-state index contributed by atoms with van der Waals surface area (Å²) in [5.74, 6) is 0. The van der Waals surface area contributed by atoms with Crippen molar-refractivity contribution in [3.05, 3.63) is 108 Å². The molecule has 1 aromatic heterocycles. The predicted octanol–water partition coefficient (Wildman–Crippen LogP) is 2.65. The predicted molar refractivity (Wildman–Crippen MR) is 134 cm³/mol. The van der Waals surface area contributed by atoms with E-state index in [4.69, 9.17) is 0 Å². The number of fused-ring (bicyclic) bond motifs is 4. The van der Waals surface area contributed by atoms with Gasteiger partial charge in [-0.05, 0) is 22.8 Å². The molecule has 4 heterocycles.